The number of amides is 1. The van der Waals surface area contributed by atoms with Crippen LogP contribution in [0.4, 0.5) is 0 Å². The maximum absolute atomic E-state index is 12.5. The number of pyridine rings is 1. The van der Waals surface area contributed by atoms with Gasteiger partial charge in [-0.2, -0.15) is 5.10 Å². The zero-order chi connectivity index (χ0) is 18.8. The average molecular weight is 362 g/mol. The van der Waals surface area contributed by atoms with Crippen molar-refractivity contribution in [2.75, 3.05) is 0 Å². The molecule has 0 spiro atoms. The molecule has 140 valence electrons. The number of carbonyl (C=O) groups excluding carboxylic acids is 1. The molecule has 1 aliphatic carbocycles. The number of hydrogen-bond donors (Lipinski definition) is 1. The van der Waals surface area contributed by atoms with Crippen molar-refractivity contribution in [2.45, 2.75) is 58.5 Å². The van der Waals surface area contributed by atoms with E-state index in [2.05, 4.69) is 46.6 Å². The highest BCUT2D eigenvalue weighted by Crippen LogP contribution is 2.30. The fourth-order valence-electron chi connectivity index (χ4n) is 4.02. The quantitative estimate of drug-likeness (QED) is 0.758. The Morgan fingerprint density at radius 2 is 1.85 bits per heavy atom. The summed E-state index contributed by atoms with van der Waals surface area (Å²) < 4.78 is 1.74. The van der Waals surface area contributed by atoms with Gasteiger partial charge < -0.3 is 5.32 Å². The monoisotopic (exact) mass is 362 g/mol. The largest absolute Gasteiger partial charge is 0.352 e. The van der Waals surface area contributed by atoms with E-state index in [-0.39, 0.29) is 12.5 Å². The first-order valence-corrected chi connectivity index (χ1v) is 9.80. The van der Waals surface area contributed by atoms with Crippen LogP contribution in [0.2, 0.25) is 0 Å². The number of aromatic nitrogens is 3. The molecule has 1 amide bonds. The summed E-state index contributed by atoms with van der Waals surface area (Å²) in [5, 5.41) is 8.81. The molecule has 0 radical (unpaired) electrons. The van der Waals surface area contributed by atoms with Gasteiger partial charge >= 0.3 is 0 Å². The van der Waals surface area contributed by atoms with E-state index in [0.29, 0.717) is 6.04 Å². The van der Waals surface area contributed by atoms with Gasteiger partial charge in [0.1, 0.15) is 6.54 Å². The van der Waals surface area contributed by atoms with E-state index < -0.39 is 0 Å². The van der Waals surface area contributed by atoms with Crippen LogP contribution in [-0.2, 0) is 11.3 Å². The number of nitrogens with one attached hydrogen (secondary N) is 1. The lowest BCUT2D eigenvalue weighted by molar-refractivity contribution is -0.122. The Balaban J connectivity index is 1.62. The van der Waals surface area contributed by atoms with Crippen LogP contribution < -0.4 is 5.32 Å². The molecule has 0 saturated heterocycles. The Labute approximate surface area is 159 Å². The molecule has 4 rings (SSSR count). The third-order valence-corrected chi connectivity index (χ3v) is 5.43. The lowest BCUT2D eigenvalue weighted by Crippen LogP contribution is -2.38. The lowest BCUT2D eigenvalue weighted by atomic mass is 9.95. The highest BCUT2D eigenvalue weighted by molar-refractivity contribution is 5.95. The highest BCUT2D eigenvalue weighted by Gasteiger charge is 2.19. The summed E-state index contributed by atoms with van der Waals surface area (Å²) in [6, 6.07) is 10.8. The number of nitrogens with zero attached hydrogens (tertiary/aromatic N) is 3. The van der Waals surface area contributed by atoms with Crippen LogP contribution in [0.25, 0.3) is 22.2 Å². The minimum atomic E-state index is 0.0221. The topological polar surface area (TPSA) is 59.8 Å². The molecule has 5 heteroatoms. The van der Waals surface area contributed by atoms with E-state index in [1.807, 2.05) is 13.0 Å². The molecule has 2 aromatic heterocycles. The molecule has 1 aromatic carbocycles. The Morgan fingerprint density at radius 3 is 2.59 bits per heavy atom. The third-order valence-electron chi connectivity index (χ3n) is 5.43. The summed E-state index contributed by atoms with van der Waals surface area (Å²) in [4.78, 5) is 17.1. The van der Waals surface area contributed by atoms with E-state index in [1.165, 1.54) is 24.8 Å². The fraction of sp³-hybridized carbons (Fsp3) is 0.409. The van der Waals surface area contributed by atoms with Crippen LogP contribution in [0.5, 0.6) is 0 Å². The fourth-order valence-corrected chi connectivity index (χ4v) is 4.02. The first-order valence-electron chi connectivity index (χ1n) is 9.80. The smallest absolute Gasteiger partial charge is 0.242 e. The van der Waals surface area contributed by atoms with Crippen molar-refractivity contribution in [3.63, 3.8) is 0 Å². The van der Waals surface area contributed by atoms with Gasteiger partial charge in [0.15, 0.2) is 5.65 Å². The first-order chi connectivity index (χ1) is 13.1. The number of carbonyl (C=O) groups is 1. The Hall–Kier alpha value is -2.69. The van der Waals surface area contributed by atoms with Gasteiger partial charge in [-0.1, -0.05) is 49.1 Å². The van der Waals surface area contributed by atoms with Crippen LogP contribution in [0, 0.1) is 13.8 Å². The second-order valence-electron chi connectivity index (χ2n) is 7.57. The summed E-state index contributed by atoms with van der Waals surface area (Å²) in [7, 11) is 0. The first kappa shape index (κ1) is 17.7. The van der Waals surface area contributed by atoms with Crippen LogP contribution in [0.3, 0.4) is 0 Å². The lowest BCUT2D eigenvalue weighted by Gasteiger charge is -2.22. The molecule has 3 aromatic rings. The highest BCUT2D eigenvalue weighted by atomic mass is 16.2. The van der Waals surface area contributed by atoms with E-state index in [9.17, 15) is 4.79 Å². The molecule has 0 atom stereocenters. The minimum Gasteiger partial charge on any atom is -0.352 e. The number of aryl methyl sites for hydroxylation is 2. The molecule has 0 unspecified atom stereocenters. The van der Waals surface area contributed by atoms with E-state index in [0.717, 1.165) is 40.7 Å². The normalized spacial score (nSPS) is 15.2. The van der Waals surface area contributed by atoms with Crippen molar-refractivity contribution in [3.05, 3.63) is 47.8 Å². The number of hydrogen-bond acceptors (Lipinski definition) is 3. The second kappa shape index (κ2) is 7.51. The van der Waals surface area contributed by atoms with Gasteiger partial charge in [0, 0.05) is 17.6 Å². The van der Waals surface area contributed by atoms with Crippen molar-refractivity contribution < 1.29 is 4.79 Å². The summed E-state index contributed by atoms with van der Waals surface area (Å²) >= 11 is 0. The van der Waals surface area contributed by atoms with Crippen LogP contribution in [-0.4, -0.2) is 26.7 Å². The molecule has 1 aliphatic rings. The van der Waals surface area contributed by atoms with Crippen molar-refractivity contribution in [1.82, 2.24) is 20.1 Å². The van der Waals surface area contributed by atoms with E-state index in [1.54, 1.807) is 10.9 Å². The molecule has 0 aliphatic heterocycles. The Kier molecular flexibility index (Phi) is 4.92. The van der Waals surface area contributed by atoms with Crippen molar-refractivity contribution >= 4 is 16.9 Å². The zero-order valence-corrected chi connectivity index (χ0v) is 16.0. The van der Waals surface area contributed by atoms with E-state index >= 15 is 0 Å². The van der Waals surface area contributed by atoms with Crippen molar-refractivity contribution in [2.24, 2.45) is 0 Å². The van der Waals surface area contributed by atoms with E-state index in [4.69, 9.17) is 0 Å². The SMILES string of the molecule is Cc1ccc(-c2ccnc3c2c(C)nn3CC(=O)NC2CCCCC2)cc1. The van der Waals surface area contributed by atoms with Gasteiger partial charge in [0.25, 0.3) is 0 Å². The number of fused-ring (bicyclic) bond motifs is 1. The Morgan fingerprint density at radius 1 is 1.11 bits per heavy atom. The van der Waals surface area contributed by atoms with Crippen LogP contribution in [0.15, 0.2) is 36.5 Å². The van der Waals surface area contributed by atoms with Gasteiger partial charge in [0.05, 0.1) is 5.69 Å². The number of rotatable bonds is 4. The molecular formula is C22H26N4O. The molecule has 1 fully saturated rings. The number of benzene rings is 1. The zero-order valence-electron chi connectivity index (χ0n) is 16.0. The predicted molar refractivity (Wildman–Crippen MR) is 107 cm³/mol. The van der Waals surface area contributed by atoms with Crippen molar-refractivity contribution in [3.8, 4) is 11.1 Å². The van der Waals surface area contributed by atoms with Gasteiger partial charge in [-0.15, -0.1) is 0 Å². The maximum Gasteiger partial charge on any atom is 0.242 e. The van der Waals surface area contributed by atoms with Crippen LogP contribution in [0.1, 0.15) is 43.4 Å². The van der Waals surface area contributed by atoms with Crippen molar-refractivity contribution in [1.29, 1.82) is 0 Å². The average Bonchev–Trinajstić information content (AvgIpc) is 2.99. The summed E-state index contributed by atoms with van der Waals surface area (Å²) in [5.41, 5.74) is 5.15. The van der Waals surface area contributed by atoms with Crippen LogP contribution >= 0.6 is 0 Å². The second-order valence-corrected chi connectivity index (χ2v) is 7.57. The predicted octanol–water partition coefficient (Wildman–Crippen LogP) is 4.16. The van der Waals surface area contributed by atoms with Gasteiger partial charge in [-0.3, -0.25) is 4.79 Å². The molecule has 0 bridgehead atoms. The van der Waals surface area contributed by atoms with Gasteiger partial charge in [-0.25, -0.2) is 9.67 Å². The summed E-state index contributed by atoms with van der Waals surface area (Å²) in [5.74, 6) is 0.0221. The molecule has 1 saturated carbocycles. The minimum absolute atomic E-state index is 0.0221. The molecular weight excluding hydrogens is 336 g/mol. The summed E-state index contributed by atoms with van der Waals surface area (Å²) in [6.07, 6.45) is 7.66. The Bertz CT molecular complexity index is 952. The standard InChI is InChI=1S/C22H26N4O/c1-15-8-10-17(11-9-15)19-12-13-23-22-21(19)16(2)25-26(22)14-20(27)24-18-6-4-3-5-7-18/h8-13,18H,3-7,14H2,1-2H3,(H,24,27). The summed E-state index contributed by atoms with van der Waals surface area (Å²) in [6.45, 7) is 4.28. The van der Waals surface area contributed by atoms with Gasteiger partial charge in [-0.05, 0) is 43.9 Å². The molecule has 27 heavy (non-hydrogen) atoms. The third kappa shape index (κ3) is 3.72. The maximum atomic E-state index is 12.5. The molecule has 5 nitrogen and oxygen atoms in total. The molecule has 1 N–H and O–H groups in total. The van der Waals surface area contributed by atoms with Gasteiger partial charge in [0.2, 0.25) is 5.91 Å². The molecule has 2 heterocycles.